The highest BCUT2D eigenvalue weighted by molar-refractivity contribution is 5.87. The monoisotopic (exact) mass is 343 g/mol. The standard InChI is InChI=1S/C18H25N5O2/c1-3-17(24)22-8-5-15(6-9-22)18(25)23-12-10-21(11-13-23)16-4-7-19-14(2)20-16/h3-4,7,15H,1,5-6,8-13H2,2H3. The molecule has 0 unspecified atom stereocenters. The third-order valence-corrected chi connectivity index (χ3v) is 5.01. The zero-order chi connectivity index (χ0) is 17.8. The smallest absolute Gasteiger partial charge is 0.245 e. The number of aromatic nitrogens is 2. The van der Waals surface area contributed by atoms with Gasteiger partial charge >= 0.3 is 0 Å². The van der Waals surface area contributed by atoms with Gasteiger partial charge in [-0.2, -0.15) is 0 Å². The Morgan fingerprint density at radius 1 is 1.12 bits per heavy atom. The van der Waals surface area contributed by atoms with Gasteiger partial charge in [-0.15, -0.1) is 0 Å². The second-order valence-electron chi connectivity index (χ2n) is 6.58. The van der Waals surface area contributed by atoms with Crippen molar-refractivity contribution in [3.05, 3.63) is 30.7 Å². The quantitative estimate of drug-likeness (QED) is 0.762. The molecule has 0 atom stereocenters. The highest BCUT2D eigenvalue weighted by Gasteiger charge is 2.31. The number of carbonyl (C=O) groups excluding carboxylic acids is 2. The minimum absolute atomic E-state index is 0.0294. The molecule has 2 saturated heterocycles. The molecule has 2 fully saturated rings. The average Bonchev–Trinajstić information content (AvgIpc) is 2.67. The Bertz CT molecular complexity index is 647. The number of piperidine rings is 1. The maximum Gasteiger partial charge on any atom is 0.245 e. The summed E-state index contributed by atoms with van der Waals surface area (Å²) in [5.74, 6) is 1.90. The van der Waals surface area contributed by atoms with Crippen molar-refractivity contribution in [2.45, 2.75) is 19.8 Å². The van der Waals surface area contributed by atoms with Crippen LogP contribution in [-0.4, -0.2) is 70.9 Å². The van der Waals surface area contributed by atoms with Crippen LogP contribution in [-0.2, 0) is 9.59 Å². The van der Waals surface area contributed by atoms with E-state index in [9.17, 15) is 9.59 Å². The van der Waals surface area contributed by atoms with E-state index in [1.807, 2.05) is 17.9 Å². The summed E-state index contributed by atoms with van der Waals surface area (Å²) in [5.41, 5.74) is 0. The maximum atomic E-state index is 12.8. The summed E-state index contributed by atoms with van der Waals surface area (Å²) in [6.45, 7) is 9.69. The first-order valence-corrected chi connectivity index (χ1v) is 8.83. The lowest BCUT2D eigenvalue weighted by Crippen LogP contribution is -2.52. The molecule has 2 aliphatic rings. The molecule has 0 spiro atoms. The second-order valence-corrected chi connectivity index (χ2v) is 6.58. The van der Waals surface area contributed by atoms with E-state index in [0.29, 0.717) is 26.2 Å². The van der Waals surface area contributed by atoms with Crippen LogP contribution < -0.4 is 4.90 Å². The summed E-state index contributed by atoms with van der Waals surface area (Å²) in [6, 6.07) is 1.91. The highest BCUT2D eigenvalue weighted by atomic mass is 16.2. The summed E-state index contributed by atoms with van der Waals surface area (Å²) < 4.78 is 0. The van der Waals surface area contributed by atoms with Crippen LogP contribution in [0.1, 0.15) is 18.7 Å². The van der Waals surface area contributed by atoms with Crippen molar-refractivity contribution in [2.75, 3.05) is 44.2 Å². The van der Waals surface area contributed by atoms with Gasteiger partial charge in [-0.3, -0.25) is 9.59 Å². The van der Waals surface area contributed by atoms with E-state index < -0.39 is 0 Å². The van der Waals surface area contributed by atoms with Crippen molar-refractivity contribution < 1.29 is 9.59 Å². The Labute approximate surface area is 148 Å². The predicted octanol–water partition coefficient (Wildman–Crippen LogP) is 0.858. The summed E-state index contributed by atoms with van der Waals surface area (Å²) in [4.78, 5) is 38.9. The van der Waals surface area contributed by atoms with Gasteiger partial charge in [0.05, 0.1) is 0 Å². The number of anilines is 1. The Kier molecular flexibility index (Phi) is 5.31. The van der Waals surface area contributed by atoms with Gasteiger partial charge in [0.1, 0.15) is 11.6 Å². The molecule has 1 aromatic rings. The number of nitrogens with zero attached hydrogens (tertiary/aromatic N) is 5. The second kappa shape index (κ2) is 7.63. The van der Waals surface area contributed by atoms with Gasteiger partial charge in [0.25, 0.3) is 0 Å². The van der Waals surface area contributed by atoms with Gasteiger partial charge in [0.2, 0.25) is 11.8 Å². The first kappa shape index (κ1) is 17.4. The molecule has 2 aliphatic heterocycles. The lowest BCUT2D eigenvalue weighted by atomic mass is 9.95. The zero-order valence-electron chi connectivity index (χ0n) is 14.7. The number of piperazine rings is 1. The minimum atomic E-state index is -0.0420. The first-order chi connectivity index (χ1) is 12.1. The van der Waals surface area contributed by atoms with Crippen LogP contribution in [0.15, 0.2) is 24.9 Å². The Morgan fingerprint density at radius 3 is 2.40 bits per heavy atom. The molecular formula is C18H25N5O2. The van der Waals surface area contributed by atoms with E-state index >= 15 is 0 Å². The molecule has 0 radical (unpaired) electrons. The van der Waals surface area contributed by atoms with Crippen LogP contribution in [0.2, 0.25) is 0 Å². The average molecular weight is 343 g/mol. The Hall–Kier alpha value is -2.44. The van der Waals surface area contributed by atoms with Gasteiger partial charge in [-0.25, -0.2) is 9.97 Å². The Balaban J connectivity index is 1.50. The molecule has 3 heterocycles. The molecule has 0 bridgehead atoms. The molecule has 0 saturated carbocycles. The van der Waals surface area contributed by atoms with Gasteiger partial charge in [-0.1, -0.05) is 6.58 Å². The fraction of sp³-hybridized carbons (Fsp3) is 0.556. The maximum absolute atomic E-state index is 12.8. The van der Waals surface area contributed by atoms with E-state index in [0.717, 1.165) is 37.6 Å². The van der Waals surface area contributed by atoms with Crippen LogP contribution in [0, 0.1) is 12.8 Å². The number of hydrogen-bond acceptors (Lipinski definition) is 5. The van der Waals surface area contributed by atoms with Crippen molar-refractivity contribution in [3.63, 3.8) is 0 Å². The van der Waals surface area contributed by atoms with Crippen LogP contribution in [0.25, 0.3) is 0 Å². The number of likely N-dealkylation sites (tertiary alicyclic amines) is 1. The molecular weight excluding hydrogens is 318 g/mol. The molecule has 1 aromatic heterocycles. The number of amides is 2. The van der Waals surface area contributed by atoms with Gasteiger partial charge < -0.3 is 14.7 Å². The summed E-state index contributed by atoms with van der Waals surface area (Å²) in [5, 5.41) is 0. The predicted molar refractivity (Wildman–Crippen MR) is 95.1 cm³/mol. The van der Waals surface area contributed by atoms with E-state index in [1.165, 1.54) is 6.08 Å². The molecule has 25 heavy (non-hydrogen) atoms. The molecule has 7 heteroatoms. The molecule has 134 valence electrons. The van der Waals surface area contributed by atoms with Crippen LogP contribution in [0.3, 0.4) is 0 Å². The van der Waals surface area contributed by atoms with E-state index in [2.05, 4.69) is 21.4 Å². The normalized spacial score (nSPS) is 19.0. The first-order valence-electron chi connectivity index (χ1n) is 8.83. The minimum Gasteiger partial charge on any atom is -0.353 e. The van der Waals surface area contributed by atoms with E-state index in [1.54, 1.807) is 11.1 Å². The summed E-state index contributed by atoms with van der Waals surface area (Å²) in [7, 11) is 0. The third kappa shape index (κ3) is 3.97. The number of aryl methyl sites for hydroxylation is 1. The number of carbonyl (C=O) groups is 2. The zero-order valence-corrected chi connectivity index (χ0v) is 14.7. The molecule has 2 amide bonds. The van der Waals surface area contributed by atoms with Crippen molar-refractivity contribution >= 4 is 17.6 Å². The largest absolute Gasteiger partial charge is 0.353 e. The van der Waals surface area contributed by atoms with Crippen molar-refractivity contribution in [1.82, 2.24) is 19.8 Å². The van der Waals surface area contributed by atoms with Crippen molar-refractivity contribution in [3.8, 4) is 0 Å². The molecule has 0 aromatic carbocycles. The van der Waals surface area contributed by atoms with Crippen LogP contribution >= 0.6 is 0 Å². The highest BCUT2D eigenvalue weighted by Crippen LogP contribution is 2.21. The Morgan fingerprint density at radius 2 is 1.80 bits per heavy atom. The van der Waals surface area contributed by atoms with E-state index in [4.69, 9.17) is 0 Å². The van der Waals surface area contributed by atoms with Gasteiger partial charge in [0, 0.05) is 51.4 Å². The van der Waals surface area contributed by atoms with Crippen LogP contribution in [0.5, 0.6) is 0 Å². The number of rotatable bonds is 3. The van der Waals surface area contributed by atoms with Gasteiger partial charge in [0.15, 0.2) is 0 Å². The molecule has 0 N–H and O–H groups in total. The van der Waals surface area contributed by atoms with E-state index in [-0.39, 0.29) is 17.7 Å². The van der Waals surface area contributed by atoms with Crippen LogP contribution in [0.4, 0.5) is 5.82 Å². The SMILES string of the molecule is C=CC(=O)N1CCC(C(=O)N2CCN(c3ccnc(C)n3)CC2)CC1. The lowest BCUT2D eigenvalue weighted by molar-refractivity contribution is -0.139. The topological polar surface area (TPSA) is 69.6 Å². The fourth-order valence-electron chi connectivity index (χ4n) is 3.51. The third-order valence-electron chi connectivity index (χ3n) is 5.01. The molecule has 0 aliphatic carbocycles. The van der Waals surface area contributed by atoms with Crippen molar-refractivity contribution in [1.29, 1.82) is 0 Å². The van der Waals surface area contributed by atoms with Crippen molar-refractivity contribution in [2.24, 2.45) is 5.92 Å². The summed E-state index contributed by atoms with van der Waals surface area (Å²) >= 11 is 0. The number of hydrogen-bond donors (Lipinski definition) is 0. The molecule has 7 nitrogen and oxygen atoms in total. The lowest BCUT2D eigenvalue weighted by Gasteiger charge is -2.38. The fourth-order valence-corrected chi connectivity index (χ4v) is 3.51. The van der Waals surface area contributed by atoms with Gasteiger partial charge in [-0.05, 0) is 31.9 Å². The molecule has 3 rings (SSSR count). The summed E-state index contributed by atoms with van der Waals surface area (Å²) in [6.07, 6.45) is 4.59.